The highest BCUT2D eigenvalue weighted by Gasteiger charge is 2.50. The second-order valence-electron chi connectivity index (χ2n) is 16.7. The Bertz CT molecular complexity index is 2670. The first-order valence-electron chi connectivity index (χ1n) is 20.8. The molecule has 63 heavy (non-hydrogen) atoms. The van der Waals surface area contributed by atoms with E-state index in [1.54, 1.807) is 11.8 Å². The van der Waals surface area contributed by atoms with Crippen LogP contribution >= 0.6 is 0 Å². The molecule has 1 saturated carbocycles. The number of nitrogens with zero attached hydrogens (tertiary/aromatic N) is 5. The van der Waals surface area contributed by atoms with Gasteiger partial charge in [0.15, 0.2) is 11.6 Å². The fraction of sp³-hybridized carbons (Fsp3) is 0.465. The Morgan fingerprint density at radius 1 is 1.03 bits per heavy atom. The number of piperidine rings is 2. The number of alkyl halides is 2. The quantitative estimate of drug-likeness (QED) is 0.120. The number of fused-ring (bicyclic) bond motifs is 1. The van der Waals surface area contributed by atoms with Crippen LogP contribution in [0.15, 0.2) is 59.7 Å². The zero-order chi connectivity index (χ0) is 44.8. The maximum absolute atomic E-state index is 15.8. The molecule has 0 radical (unpaired) electrons. The highest BCUT2D eigenvalue weighted by molar-refractivity contribution is 7.90. The van der Waals surface area contributed by atoms with E-state index in [4.69, 9.17) is 9.47 Å². The van der Waals surface area contributed by atoms with Crippen molar-refractivity contribution in [2.24, 2.45) is 0 Å². The molecule has 3 saturated heterocycles. The Morgan fingerprint density at radius 2 is 1.81 bits per heavy atom. The highest BCUT2D eigenvalue weighted by Crippen LogP contribution is 2.47. The monoisotopic (exact) mass is 894 g/mol. The maximum atomic E-state index is 15.8. The van der Waals surface area contributed by atoms with Crippen LogP contribution in [0.5, 0.6) is 11.5 Å². The van der Waals surface area contributed by atoms with Crippen molar-refractivity contribution in [3.63, 3.8) is 0 Å². The summed E-state index contributed by atoms with van der Waals surface area (Å²) in [5.41, 5.74) is -1.05. The van der Waals surface area contributed by atoms with Gasteiger partial charge in [-0.2, -0.15) is 18.0 Å². The molecule has 334 valence electrons. The van der Waals surface area contributed by atoms with Crippen molar-refractivity contribution in [1.82, 2.24) is 24.1 Å². The first-order valence-corrected chi connectivity index (χ1v) is 22.2. The van der Waals surface area contributed by atoms with E-state index in [0.29, 0.717) is 44.2 Å². The molecule has 4 aromatic rings. The molecule has 3 atom stereocenters. The first kappa shape index (κ1) is 44.0. The molecule has 3 aromatic carbocycles. The summed E-state index contributed by atoms with van der Waals surface area (Å²) in [4.78, 5) is 43.8. The Labute approximate surface area is 360 Å². The SMILES string of the molecule is CCN(C)S(=O)(=O)Nc1ccc(F)c(Oc2ccc3ncn([C@H]4COC5(CCC(N6CC[C@@H](c7ccc(NC8CCC(=O)NC8=O)cc7F)C(F)(F)C6)CC5)C4)c(=O)c3c2)c1C#N. The summed E-state index contributed by atoms with van der Waals surface area (Å²) in [7, 11) is -2.71. The molecule has 4 heterocycles. The topological polar surface area (TPSA) is 188 Å². The Kier molecular flexibility index (Phi) is 12.0. The minimum atomic E-state index is -4.05. The van der Waals surface area contributed by atoms with Crippen LogP contribution in [0.25, 0.3) is 10.9 Å². The molecule has 1 aromatic heterocycles. The molecule has 8 rings (SSSR count). The molecule has 0 bridgehead atoms. The highest BCUT2D eigenvalue weighted by atomic mass is 32.2. The average molecular weight is 895 g/mol. The van der Waals surface area contributed by atoms with Crippen LogP contribution in [0.1, 0.15) is 81.4 Å². The second-order valence-corrected chi connectivity index (χ2v) is 18.5. The number of rotatable bonds is 11. The molecule has 15 nitrogen and oxygen atoms in total. The van der Waals surface area contributed by atoms with Crippen LogP contribution in [0.3, 0.4) is 0 Å². The number of carbonyl (C=O) groups excluding carboxylic acids is 2. The Morgan fingerprint density at radius 3 is 2.51 bits per heavy atom. The molecular weight excluding hydrogens is 849 g/mol. The third-order valence-corrected chi connectivity index (χ3v) is 14.4. The number of amides is 2. The minimum Gasteiger partial charge on any atom is -0.453 e. The fourth-order valence-electron chi connectivity index (χ4n) is 9.23. The van der Waals surface area contributed by atoms with E-state index in [1.807, 2.05) is 6.07 Å². The Hall–Kier alpha value is -5.62. The fourth-order valence-corrected chi connectivity index (χ4v) is 10.2. The number of benzene rings is 3. The van der Waals surface area contributed by atoms with Crippen molar-refractivity contribution in [3.8, 4) is 17.6 Å². The predicted octanol–water partition coefficient (Wildman–Crippen LogP) is 5.93. The van der Waals surface area contributed by atoms with Crippen molar-refractivity contribution in [1.29, 1.82) is 5.26 Å². The van der Waals surface area contributed by atoms with E-state index in [9.17, 15) is 28.1 Å². The van der Waals surface area contributed by atoms with Gasteiger partial charge in [0.05, 0.1) is 53.6 Å². The van der Waals surface area contributed by atoms with E-state index in [0.717, 1.165) is 22.5 Å². The molecule has 4 aliphatic rings. The summed E-state index contributed by atoms with van der Waals surface area (Å²) in [6.45, 7) is 1.81. The molecule has 1 unspecified atom stereocenters. The first-order chi connectivity index (χ1) is 30.0. The van der Waals surface area contributed by atoms with Gasteiger partial charge >= 0.3 is 10.2 Å². The number of hydrogen-bond donors (Lipinski definition) is 3. The molecular formula is C43H46F4N8O7S. The minimum absolute atomic E-state index is 0.00896. The van der Waals surface area contributed by atoms with Gasteiger partial charge in [-0.15, -0.1) is 0 Å². The zero-order valence-electron chi connectivity index (χ0n) is 34.5. The lowest BCUT2D eigenvalue weighted by Gasteiger charge is -2.46. The van der Waals surface area contributed by atoms with E-state index in [2.05, 4.69) is 20.3 Å². The molecule has 1 spiro atoms. The zero-order valence-corrected chi connectivity index (χ0v) is 35.3. The molecule has 20 heteroatoms. The molecule has 3 N–H and O–H groups in total. The number of ether oxygens (including phenoxy) is 2. The maximum Gasteiger partial charge on any atom is 0.301 e. The summed E-state index contributed by atoms with van der Waals surface area (Å²) >= 11 is 0. The number of hydrogen-bond acceptors (Lipinski definition) is 11. The number of nitriles is 1. The van der Waals surface area contributed by atoms with Crippen LogP contribution in [0.4, 0.5) is 28.9 Å². The van der Waals surface area contributed by atoms with Gasteiger partial charge < -0.3 is 14.8 Å². The van der Waals surface area contributed by atoms with E-state index >= 15 is 17.6 Å². The van der Waals surface area contributed by atoms with Crippen LogP contribution in [-0.4, -0.2) is 95.9 Å². The normalized spacial score (nSPS) is 25.2. The van der Waals surface area contributed by atoms with Crippen molar-refractivity contribution in [3.05, 3.63) is 88.0 Å². The summed E-state index contributed by atoms with van der Waals surface area (Å²) in [5.74, 6) is -7.67. The smallest absolute Gasteiger partial charge is 0.301 e. The lowest BCUT2D eigenvalue weighted by Crippen LogP contribution is -2.53. The Balaban J connectivity index is 0.901. The third-order valence-electron chi connectivity index (χ3n) is 12.8. The summed E-state index contributed by atoms with van der Waals surface area (Å²) in [5, 5.41) is 15.2. The number of likely N-dealkylation sites (tertiary alicyclic amines) is 1. The summed E-state index contributed by atoms with van der Waals surface area (Å²) < 4.78 is 104. The largest absolute Gasteiger partial charge is 0.453 e. The summed E-state index contributed by atoms with van der Waals surface area (Å²) in [6, 6.07) is 10.9. The van der Waals surface area contributed by atoms with E-state index < -0.39 is 74.7 Å². The van der Waals surface area contributed by atoms with Crippen LogP contribution in [-0.2, 0) is 24.5 Å². The number of nitrogens with one attached hydrogen (secondary N) is 3. The van der Waals surface area contributed by atoms with Crippen LogP contribution < -0.4 is 25.7 Å². The van der Waals surface area contributed by atoms with Gasteiger partial charge in [-0.25, -0.2) is 22.5 Å². The van der Waals surface area contributed by atoms with Gasteiger partial charge in [-0.05, 0) is 99.5 Å². The van der Waals surface area contributed by atoms with E-state index in [1.165, 1.54) is 48.3 Å². The summed E-state index contributed by atoms with van der Waals surface area (Å²) in [6.07, 6.45) is 4.71. The van der Waals surface area contributed by atoms with Gasteiger partial charge in [-0.3, -0.25) is 33.9 Å². The predicted molar refractivity (Wildman–Crippen MR) is 223 cm³/mol. The van der Waals surface area contributed by atoms with Gasteiger partial charge in [0, 0.05) is 31.7 Å². The lowest BCUT2D eigenvalue weighted by atomic mass is 9.78. The average Bonchev–Trinajstić information content (AvgIpc) is 3.65. The van der Waals surface area contributed by atoms with Crippen LogP contribution in [0, 0.1) is 23.0 Å². The van der Waals surface area contributed by atoms with Crippen LogP contribution in [0.2, 0.25) is 0 Å². The lowest BCUT2D eigenvalue weighted by molar-refractivity contribution is -0.133. The number of anilines is 2. The third kappa shape index (κ3) is 8.83. The number of carbonyl (C=O) groups is 2. The molecule has 4 fully saturated rings. The van der Waals surface area contributed by atoms with Gasteiger partial charge in [0.25, 0.3) is 11.5 Å². The van der Waals surface area contributed by atoms with Gasteiger partial charge in [0.2, 0.25) is 11.8 Å². The van der Waals surface area contributed by atoms with Crippen molar-refractivity contribution in [2.45, 2.75) is 93.9 Å². The van der Waals surface area contributed by atoms with Gasteiger partial charge in [0.1, 0.15) is 29.2 Å². The molecule has 1 aliphatic carbocycles. The van der Waals surface area contributed by atoms with Crippen molar-refractivity contribution < 1.29 is 45.0 Å². The second kappa shape index (κ2) is 17.2. The number of aromatic nitrogens is 2. The van der Waals surface area contributed by atoms with E-state index in [-0.39, 0.29) is 78.5 Å². The van der Waals surface area contributed by atoms with Gasteiger partial charge in [-0.1, -0.05) is 13.0 Å². The van der Waals surface area contributed by atoms with Crippen molar-refractivity contribution in [2.75, 3.05) is 43.3 Å². The number of halogens is 4. The molecule has 2 amide bonds. The number of imide groups is 1. The van der Waals surface area contributed by atoms with Crippen molar-refractivity contribution >= 4 is 44.3 Å². The standard InChI is InChI=1S/C43H46F4N8O7S/c1-3-53(2)63(59,60)52-36-9-7-33(44)39(31(36)21-48)62-28-5-8-35-30(19-28)41(58)55(24-49-35)27-20-42(61-22-27)15-12-26(13-16-42)54-17-14-32(43(46,47)23-54)29-6-4-25(18-34(29)45)50-37-10-11-38(56)51-40(37)57/h4-9,18-19,24,26-27,32,37,50,52H,3,10-17,20,22-23H2,1-2H3,(H,51,56,57)/t26?,27-,32+,37?,42?/m1/s1. The molecule has 3 aliphatic heterocycles.